The third kappa shape index (κ3) is 14.4. The molecule has 0 saturated carbocycles. The molecule has 38 heavy (non-hydrogen) atoms. The summed E-state index contributed by atoms with van der Waals surface area (Å²) in [4.78, 5) is 17.5. The molecule has 0 aromatic heterocycles. The molecule has 0 unspecified atom stereocenters. The van der Waals surface area contributed by atoms with Crippen LogP contribution in [-0.2, 0) is 34.1 Å². The minimum Gasteiger partial charge on any atom is -0.872 e. The molecule has 213 valence electrons. The van der Waals surface area contributed by atoms with Crippen molar-refractivity contribution < 1.29 is 73.2 Å². The van der Waals surface area contributed by atoms with Gasteiger partial charge in [-0.15, -0.1) is 10.2 Å². The Kier molecular flexibility index (Phi) is 17.7. The molecule has 0 aliphatic carbocycles. The molecular formula is C24H26ClCu2N4O6S. The van der Waals surface area contributed by atoms with E-state index in [0.29, 0.717) is 48.4 Å². The first-order valence-electron chi connectivity index (χ1n) is 10.9. The van der Waals surface area contributed by atoms with Gasteiger partial charge in [-0.2, -0.15) is 11.8 Å². The van der Waals surface area contributed by atoms with Crippen LogP contribution in [0.15, 0.2) is 44.2 Å². The molecule has 1 radical (unpaired) electrons. The zero-order valence-corrected chi connectivity index (χ0v) is 23.9. The van der Waals surface area contributed by atoms with E-state index in [4.69, 9.17) is 18.6 Å². The van der Waals surface area contributed by atoms with Crippen molar-refractivity contribution in [3.8, 4) is 11.5 Å². The fourth-order valence-electron chi connectivity index (χ4n) is 3.15. The van der Waals surface area contributed by atoms with Crippen molar-refractivity contribution in [2.24, 2.45) is 20.0 Å². The molecule has 0 fully saturated rings. The van der Waals surface area contributed by atoms with E-state index >= 15 is 0 Å². The van der Waals surface area contributed by atoms with Crippen LogP contribution >= 0.6 is 11.8 Å². The van der Waals surface area contributed by atoms with Crippen molar-refractivity contribution in [3.63, 3.8) is 0 Å². The van der Waals surface area contributed by atoms with Crippen molar-refractivity contribution in [3.05, 3.63) is 57.6 Å². The molecule has 0 atom stereocenters. The van der Waals surface area contributed by atoms with E-state index < -0.39 is 10.2 Å². The smallest absolute Gasteiger partial charge is 0.872 e. The maximum Gasteiger partial charge on any atom is 2.00 e. The van der Waals surface area contributed by atoms with Gasteiger partial charge in [0, 0.05) is 49.5 Å². The van der Waals surface area contributed by atoms with Crippen molar-refractivity contribution >= 4 is 36.6 Å². The number of aliphatic imine (C=N–C) groups is 4. The Morgan fingerprint density at radius 1 is 0.605 bits per heavy atom. The third-order valence-electron chi connectivity index (χ3n) is 4.59. The molecule has 0 spiro atoms. The molecule has 0 saturated heterocycles. The van der Waals surface area contributed by atoms with Crippen molar-refractivity contribution in [1.29, 1.82) is 0 Å². The van der Waals surface area contributed by atoms with Gasteiger partial charge < -0.3 is 10.2 Å². The van der Waals surface area contributed by atoms with Gasteiger partial charge in [0.25, 0.3) is 0 Å². The summed E-state index contributed by atoms with van der Waals surface area (Å²) in [5.74, 6) is 1.55. The topological polar surface area (TPSA) is 188 Å². The van der Waals surface area contributed by atoms with E-state index in [1.165, 1.54) is 0 Å². The number of hydrogen-bond acceptors (Lipinski definition) is 11. The van der Waals surface area contributed by atoms with Crippen LogP contribution in [0.4, 0.5) is 0 Å². The van der Waals surface area contributed by atoms with E-state index in [1.54, 1.807) is 36.6 Å². The van der Waals surface area contributed by atoms with Gasteiger partial charge in [0.15, 0.2) is 0 Å². The molecule has 14 heteroatoms. The Morgan fingerprint density at radius 3 is 1.16 bits per heavy atom. The van der Waals surface area contributed by atoms with Crippen LogP contribution < -0.4 is 28.8 Å². The summed E-state index contributed by atoms with van der Waals surface area (Å²) in [7, 11) is -4.94. The second-order valence-electron chi connectivity index (χ2n) is 7.68. The SMILES string of the molecule is Cc1cc2c([O-])c(c1)C=NCCSCCN=Cc1cc(C)cc(c1[O-])C=NCCN=C2.[Cu+2].[Cu+].[O-][Cl+3]([O-])([O-])[O-]. The van der Waals surface area contributed by atoms with E-state index in [0.717, 1.165) is 22.6 Å². The number of rotatable bonds is 0. The van der Waals surface area contributed by atoms with Gasteiger partial charge in [0.05, 0.1) is 13.1 Å². The van der Waals surface area contributed by atoms with Gasteiger partial charge in [-0.05, 0) is 47.2 Å². The van der Waals surface area contributed by atoms with Crippen molar-refractivity contribution in [2.45, 2.75) is 13.8 Å². The van der Waals surface area contributed by atoms with Gasteiger partial charge in [-0.3, -0.25) is 20.0 Å². The van der Waals surface area contributed by atoms with Crippen LogP contribution in [0.25, 0.3) is 0 Å². The van der Waals surface area contributed by atoms with Crippen LogP contribution in [0.1, 0.15) is 33.4 Å². The van der Waals surface area contributed by atoms with E-state index in [1.807, 2.05) is 38.1 Å². The number of nitrogens with zero attached hydrogens (tertiary/aromatic N) is 4. The molecule has 4 bridgehead atoms. The molecule has 0 N–H and O–H groups in total. The molecule has 10 nitrogen and oxygen atoms in total. The monoisotopic (exact) mass is 659 g/mol. The summed E-state index contributed by atoms with van der Waals surface area (Å²) in [5.41, 5.74) is 4.24. The average Bonchev–Trinajstić information content (AvgIpc) is 2.78. The fraction of sp³-hybridized carbons (Fsp3) is 0.333. The maximum atomic E-state index is 12.6. The quantitative estimate of drug-likeness (QED) is 0.287. The Hall–Kier alpha value is -1.76. The van der Waals surface area contributed by atoms with Gasteiger partial charge in [0.1, 0.15) is 0 Å². The van der Waals surface area contributed by atoms with E-state index in [2.05, 4.69) is 20.0 Å². The first-order chi connectivity index (χ1) is 17.0. The number of hydrogen-bond donors (Lipinski definition) is 0. The minimum atomic E-state index is -4.94. The summed E-state index contributed by atoms with van der Waals surface area (Å²) < 4.78 is 34.0. The van der Waals surface area contributed by atoms with E-state index in [-0.39, 0.29) is 45.6 Å². The first kappa shape index (κ1) is 36.2. The number of thioether (sulfide) groups is 1. The number of fused-ring (bicyclic) bond motifs is 4. The normalized spacial score (nSPS) is 14.3. The van der Waals surface area contributed by atoms with Crippen LogP contribution in [0, 0.1) is 24.1 Å². The average molecular weight is 661 g/mol. The van der Waals surface area contributed by atoms with Crippen LogP contribution in [0.5, 0.6) is 11.5 Å². The summed E-state index contributed by atoms with van der Waals surface area (Å²) in [5, 5.41) is 25.3. The van der Waals surface area contributed by atoms with Gasteiger partial charge in [-0.25, -0.2) is 18.6 Å². The van der Waals surface area contributed by atoms with Gasteiger partial charge >= 0.3 is 34.1 Å². The van der Waals surface area contributed by atoms with Crippen LogP contribution in [0.2, 0.25) is 0 Å². The van der Waals surface area contributed by atoms with Gasteiger partial charge in [0.2, 0.25) is 0 Å². The second-order valence-corrected chi connectivity index (χ2v) is 9.66. The first-order valence-corrected chi connectivity index (χ1v) is 13.3. The summed E-state index contributed by atoms with van der Waals surface area (Å²) >= 11 is 1.74. The predicted molar refractivity (Wildman–Crippen MR) is 128 cm³/mol. The zero-order chi connectivity index (χ0) is 26.6. The Balaban J connectivity index is 0.00000179. The Labute approximate surface area is 249 Å². The third-order valence-corrected chi connectivity index (χ3v) is 5.53. The molecule has 0 amide bonds. The second kappa shape index (κ2) is 18.5. The Morgan fingerprint density at radius 2 is 0.868 bits per heavy atom. The zero-order valence-electron chi connectivity index (χ0n) is 20.5. The fourth-order valence-corrected chi connectivity index (χ4v) is 3.82. The summed E-state index contributed by atoms with van der Waals surface area (Å²) in [6.45, 7) is 6.03. The van der Waals surface area contributed by atoms with Crippen molar-refractivity contribution in [2.75, 3.05) is 37.7 Å². The number of aryl methyl sites for hydroxylation is 2. The molecular weight excluding hydrogens is 635 g/mol. The standard InChI is InChI=1S/C24H28N4O2S.ClHO4.2Cu/c1-17-9-19-13-25-3-4-26-14-20-10-18(2)12-22(24(20)30)16-28-6-8-31-7-5-27-15-21(11-17)23(19)29;2-1(3,4)5;;/h9-16,29-30H,3-8H2,1-2H3;(H,2,3,4,5);;/q;;+1;+2/p-3. The van der Waals surface area contributed by atoms with Crippen LogP contribution in [-0.4, -0.2) is 62.5 Å². The van der Waals surface area contributed by atoms with E-state index in [9.17, 15) is 10.2 Å². The number of benzene rings is 2. The molecule has 3 rings (SSSR count). The maximum absolute atomic E-state index is 12.6. The molecule has 2 aromatic rings. The molecule has 1 aliphatic rings. The predicted octanol–water partition coefficient (Wildman–Crippen LogP) is -2.19. The summed E-state index contributed by atoms with van der Waals surface area (Å²) in [6.07, 6.45) is 6.51. The van der Waals surface area contributed by atoms with Crippen LogP contribution in [0.3, 0.4) is 0 Å². The largest absolute Gasteiger partial charge is 2.00 e. The molecule has 1 aliphatic heterocycles. The molecule has 1 heterocycles. The molecule has 2 aromatic carbocycles. The minimum absolute atomic E-state index is 0. The van der Waals surface area contributed by atoms with Crippen molar-refractivity contribution in [1.82, 2.24) is 0 Å². The number of halogens is 1. The van der Waals surface area contributed by atoms with Gasteiger partial charge in [-0.1, -0.05) is 35.8 Å². The summed E-state index contributed by atoms with van der Waals surface area (Å²) in [6, 6.07) is 7.36. The Bertz CT molecular complexity index is 1060.